The van der Waals surface area contributed by atoms with Crippen molar-refractivity contribution in [2.24, 2.45) is 5.11 Å². The zero-order chi connectivity index (χ0) is 22.9. The summed E-state index contributed by atoms with van der Waals surface area (Å²) >= 11 is 0. The normalized spacial score (nSPS) is 12.8. The maximum absolute atomic E-state index is 12.4. The predicted octanol–water partition coefficient (Wildman–Crippen LogP) is 5.08. The molecule has 31 heavy (non-hydrogen) atoms. The summed E-state index contributed by atoms with van der Waals surface area (Å²) in [5.74, 6) is 0.257. The first-order valence-electron chi connectivity index (χ1n) is 10.00. The number of carbonyl (C=O) groups excluding carboxylic acids is 2. The molecule has 0 saturated heterocycles. The maximum atomic E-state index is 12.4. The predicted molar refractivity (Wildman–Crippen MR) is 118 cm³/mol. The average molecular weight is 425 g/mol. The number of carbonyl (C=O) groups is 2. The Hall–Kier alpha value is -3.51. The van der Waals surface area contributed by atoms with E-state index in [4.69, 9.17) is 15.0 Å². The van der Waals surface area contributed by atoms with Crippen LogP contribution in [0.3, 0.4) is 0 Å². The fraction of sp³-hybridized carbons (Fsp3) is 0.391. The van der Waals surface area contributed by atoms with Crippen molar-refractivity contribution in [3.63, 3.8) is 0 Å². The number of ketones is 1. The second-order valence-corrected chi connectivity index (χ2v) is 8.08. The molecule has 2 aromatic rings. The van der Waals surface area contributed by atoms with Crippen LogP contribution in [0.1, 0.15) is 43.6 Å². The number of ether oxygens (including phenoxy) is 2. The molecule has 1 amide bonds. The summed E-state index contributed by atoms with van der Waals surface area (Å²) < 4.78 is 11.2. The molecule has 8 heteroatoms. The Morgan fingerprint density at radius 1 is 1.10 bits per heavy atom. The third-order valence-corrected chi connectivity index (χ3v) is 4.34. The van der Waals surface area contributed by atoms with Gasteiger partial charge in [-0.3, -0.25) is 4.79 Å². The van der Waals surface area contributed by atoms with Crippen molar-refractivity contribution in [1.29, 1.82) is 0 Å². The monoisotopic (exact) mass is 424 g/mol. The van der Waals surface area contributed by atoms with E-state index in [0.29, 0.717) is 17.7 Å². The second kappa shape index (κ2) is 11.0. The number of nitrogens with one attached hydrogen (secondary N) is 1. The molecule has 1 N–H and O–H groups in total. The quantitative estimate of drug-likeness (QED) is 0.261. The lowest BCUT2D eigenvalue weighted by molar-refractivity contribution is 0.0491. The fourth-order valence-electron chi connectivity index (χ4n) is 2.97. The van der Waals surface area contributed by atoms with Gasteiger partial charge in [0.05, 0.1) is 18.2 Å². The standard InChI is InChI=1S/C23H28N4O4/c1-16(28)18-12-8-9-13-21(18)30-15-20(26-27-24)19(14-17-10-6-5-7-11-17)25-22(29)31-23(2,3)4/h5-13,19-20H,14-15H2,1-4H3,(H,25,29)/t19-,20+/m0/s1. The highest BCUT2D eigenvalue weighted by molar-refractivity contribution is 5.96. The van der Waals surface area contributed by atoms with Gasteiger partial charge in [-0.2, -0.15) is 0 Å². The SMILES string of the molecule is CC(=O)c1ccccc1OC[C@@H](N=[N+]=[N-])[C@H](Cc1ccccc1)NC(=O)OC(C)(C)C. The van der Waals surface area contributed by atoms with Gasteiger partial charge in [0.25, 0.3) is 0 Å². The number of benzene rings is 2. The molecule has 0 radical (unpaired) electrons. The van der Waals surface area contributed by atoms with E-state index < -0.39 is 23.8 Å². The first-order valence-corrected chi connectivity index (χ1v) is 10.00. The molecule has 0 fully saturated rings. The molecule has 0 aliphatic carbocycles. The van der Waals surface area contributed by atoms with Crippen molar-refractivity contribution in [3.05, 3.63) is 76.2 Å². The summed E-state index contributed by atoms with van der Waals surface area (Å²) in [7, 11) is 0. The van der Waals surface area contributed by atoms with Crippen LogP contribution in [0.25, 0.3) is 10.4 Å². The van der Waals surface area contributed by atoms with Crippen LogP contribution in [0.2, 0.25) is 0 Å². The van der Waals surface area contributed by atoms with Crippen molar-refractivity contribution in [2.75, 3.05) is 6.61 Å². The minimum Gasteiger partial charge on any atom is -0.492 e. The molecule has 2 rings (SSSR count). The molecule has 2 atom stereocenters. The Bertz CT molecular complexity index is 934. The van der Waals surface area contributed by atoms with Crippen molar-refractivity contribution >= 4 is 11.9 Å². The highest BCUT2D eigenvalue weighted by Crippen LogP contribution is 2.20. The van der Waals surface area contributed by atoms with Crippen LogP contribution in [-0.2, 0) is 11.2 Å². The van der Waals surface area contributed by atoms with E-state index in [1.807, 2.05) is 30.3 Å². The van der Waals surface area contributed by atoms with Gasteiger partial charge in [-0.05, 0) is 57.3 Å². The van der Waals surface area contributed by atoms with Crippen LogP contribution >= 0.6 is 0 Å². The van der Waals surface area contributed by atoms with Gasteiger partial charge in [-0.25, -0.2) is 4.79 Å². The number of hydrogen-bond acceptors (Lipinski definition) is 5. The number of azide groups is 1. The van der Waals surface area contributed by atoms with Gasteiger partial charge in [-0.15, -0.1) is 0 Å². The molecule has 0 aliphatic rings. The van der Waals surface area contributed by atoms with Gasteiger partial charge in [0.15, 0.2) is 5.78 Å². The summed E-state index contributed by atoms with van der Waals surface area (Å²) in [5, 5.41) is 6.67. The first kappa shape index (κ1) is 23.8. The molecule has 0 aromatic heterocycles. The number of Topliss-reactive ketones (excluding diaryl/α,β-unsaturated/α-hetero) is 1. The van der Waals surface area contributed by atoms with Gasteiger partial charge < -0.3 is 14.8 Å². The van der Waals surface area contributed by atoms with Gasteiger partial charge >= 0.3 is 6.09 Å². The molecule has 0 heterocycles. The van der Waals surface area contributed by atoms with Crippen LogP contribution in [0.4, 0.5) is 4.79 Å². The van der Waals surface area contributed by atoms with Crippen molar-refractivity contribution in [3.8, 4) is 5.75 Å². The third kappa shape index (κ3) is 8.03. The molecule has 0 saturated carbocycles. The lowest BCUT2D eigenvalue weighted by atomic mass is 10.0. The summed E-state index contributed by atoms with van der Waals surface area (Å²) in [4.78, 5) is 27.2. The number of hydrogen-bond donors (Lipinski definition) is 1. The lowest BCUT2D eigenvalue weighted by Gasteiger charge is -2.27. The minimum atomic E-state index is -0.738. The average Bonchev–Trinajstić information content (AvgIpc) is 2.70. The number of para-hydroxylation sites is 1. The zero-order valence-corrected chi connectivity index (χ0v) is 18.2. The summed E-state index contributed by atoms with van der Waals surface area (Å²) in [6, 6.07) is 15.0. The summed E-state index contributed by atoms with van der Waals surface area (Å²) in [6.45, 7) is 6.74. The molecule has 2 aromatic carbocycles. The third-order valence-electron chi connectivity index (χ3n) is 4.34. The van der Waals surface area contributed by atoms with Crippen molar-refractivity contribution in [1.82, 2.24) is 5.32 Å². The largest absolute Gasteiger partial charge is 0.492 e. The minimum absolute atomic E-state index is 0.0261. The van der Waals surface area contributed by atoms with Crippen LogP contribution in [0.5, 0.6) is 5.75 Å². The Morgan fingerprint density at radius 3 is 2.35 bits per heavy atom. The first-order chi connectivity index (χ1) is 14.7. The van der Waals surface area contributed by atoms with Gasteiger partial charge in [-0.1, -0.05) is 47.6 Å². The van der Waals surface area contributed by atoms with E-state index in [0.717, 1.165) is 5.56 Å². The van der Waals surface area contributed by atoms with E-state index in [2.05, 4.69) is 15.3 Å². The van der Waals surface area contributed by atoms with Gasteiger partial charge in [0, 0.05) is 11.0 Å². The van der Waals surface area contributed by atoms with E-state index >= 15 is 0 Å². The van der Waals surface area contributed by atoms with Crippen LogP contribution in [0.15, 0.2) is 59.7 Å². The number of alkyl carbamates (subject to hydrolysis) is 1. The van der Waals surface area contributed by atoms with Crippen LogP contribution in [-0.4, -0.2) is 36.2 Å². The van der Waals surface area contributed by atoms with Crippen LogP contribution in [0, 0.1) is 0 Å². The van der Waals surface area contributed by atoms with Crippen molar-refractivity contribution in [2.45, 2.75) is 51.8 Å². The number of rotatable bonds is 9. The number of nitrogens with zero attached hydrogens (tertiary/aromatic N) is 3. The highest BCUT2D eigenvalue weighted by atomic mass is 16.6. The lowest BCUT2D eigenvalue weighted by Crippen LogP contribution is -2.48. The topological polar surface area (TPSA) is 113 Å². The Kier molecular flexibility index (Phi) is 8.46. The van der Waals surface area contributed by atoms with E-state index in [1.54, 1.807) is 45.0 Å². The Morgan fingerprint density at radius 2 is 1.74 bits per heavy atom. The molecule has 0 aliphatic heterocycles. The Labute approximate surface area is 182 Å². The summed E-state index contributed by atoms with van der Waals surface area (Å²) in [6.07, 6.45) is -0.211. The maximum Gasteiger partial charge on any atom is 0.407 e. The second-order valence-electron chi connectivity index (χ2n) is 8.08. The molecule has 164 valence electrons. The van der Waals surface area contributed by atoms with E-state index in [-0.39, 0.29) is 12.4 Å². The molecular weight excluding hydrogens is 396 g/mol. The zero-order valence-electron chi connectivity index (χ0n) is 18.2. The highest BCUT2D eigenvalue weighted by Gasteiger charge is 2.27. The molecule has 8 nitrogen and oxygen atoms in total. The summed E-state index contributed by atoms with van der Waals surface area (Å²) in [5.41, 5.74) is 9.82. The van der Waals surface area contributed by atoms with Gasteiger partial charge in [0.1, 0.15) is 11.4 Å². The molecule has 0 bridgehead atoms. The van der Waals surface area contributed by atoms with Gasteiger partial charge in [0.2, 0.25) is 0 Å². The van der Waals surface area contributed by atoms with Crippen molar-refractivity contribution < 1.29 is 19.1 Å². The molecule has 0 unspecified atom stereocenters. The number of amides is 1. The van der Waals surface area contributed by atoms with E-state index in [9.17, 15) is 9.59 Å². The Balaban J connectivity index is 2.24. The smallest absolute Gasteiger partial charge is 0.407 e. The van der Waals surface area contributed by atoms with Crippen LogP contribution < -0.4 is 10.1 Å². The molecule has 0 spiro atoms. The molecular formula is C23H28N4O4. The fourth-order valence-corrected chi connectivity index (χ4v) is 2.97. The van der Waals surface area contributed by atoms with E-state index in [1.165, 1.54) is 6.92 Å².